The van der Waals surface area contributed by atoms with E-state index < -0.39 is 11.9 Å². The quantitative estimate of drug-likeness (QED) is 0.901. The molecule has 106 valence electrons. The van der Waals surface area contributed by atoms with Crippen molar-refractivity contribution in [2.24, 2.45) is 5.92 Å². The van der Waals surface area contributed by atoms with Crippen molar-refractivity contribution >= 4 is 5.95 Å². The minimum absolute atomic E-state index is 0.0241. The lowest BCUT2D eigenvalue weighted by molar-refractivity contribution is 0.143. The molecule has 2 atom stereocenters. The fourth-order valence-electron chi connectivity index (χ4n) is 2.46. The molecule has 0 amide bonds. The van der Waals surface area contributed by atoms with E-state index in [1.54, 1.807) is 0 Å². The summed E-state index contributed by atoms with van der Waals surface area (Å²) in [5, 5.41) is 13.9. The van der Waals surface area contributed by atoms with Gasteiger partial charge in [-0.2, -0.15) is 0 Å². The van der Waals surface area contributed by atoms with E-state index in [4.69, 9.17) is 4.52 Å². The predicted molar refractivity (Wildman–Crippen MR) is 68.6 cm³/mol. The van der Waals surface area contributed by atoms with Crippen LogP contribution in [-0.4, -0.2) is 39.4 Å². The Kier molecular flexibility index (Phi) is 3.35. The van der Waals surface area contributed by atoms with Crippen molar-refractivity contribution in [3.8, 4) is 0 Å². The van der Waals surface area contributed by atoms with Crippen molar-refractivity contribution in [1.29, 1.82) is 0 Å². The molecule has 1 fully saturated rings. The maximum atomic E-state index is 12.8. The average Bonchev–Trinajstić information content (AvgIpc) is 2.98. The molecule has 1 N–H and O–H groups in total. The Hall–Kier alpha value is -2.02. The molecule has 0 saturated carbocycles. The topological polar surface area (TPSA) is 75.3 Å². The molecule has 3 heterocycles. The maximum absolute atomic E-state index is 12.8. The number of β-amino-alcohol motifs (C(OH)–C–C–N with tert-alkyl or cyclic N) is 1. The van der Waals surface area contributed by atoms with E-state index in [2.05, 4.69) is 15.1 Å². The summed E-state index contributed by atoms with van der Waals surface area (Å²) in [7, 11) is 0. The van der Waals surface area contributed by atoms with Crippen LogP contribution in [0.5, 0.6) is 0 Å². The van der Waals surface area contributed by atoms with E-state index in [1.165, 1.54) is 0 Å². The number of aliphatic hydroxyl groups is 1. The second-order valence-corrected chi connectivity index (χ2v) is 5.07. The number of hydrogen-bond donors (Lipinski definition) is 1. The molecule has 0 bridgehead atoms. The summed E-state index contributed by atoms with van der Waals surface area (Å²) >= 11 is 0. The fraction of sp³-hybridized carbons (Fsp3) is 0.462. The van der Waals surface area contributed by atoms with Crippen LogP contribution < -0.4 is 4.90 Å². The van der Waals surface area contributed by atoms with Crippen LogP contribution >= 0.6 is 0 Å². The van der Waals surface area contributed by atoms with Gasteiger partial charge in [0.25, 0.3) is 0 Å². The van der Waals surface area contributed by atoms with E-state index in [-0.39, 0.29) is 5.92 Å². The SMILES string of the molecule is Cc1cc(C[C@@H]2CN(c3ncc(F)cn3)C[C@H]2O)on1. The normalized spacial score (nSPS) is 22.4. The van der Waals surface area contributed by atoms with Crippen LogP contribution in [0.3, 0.4) is 0 Å². The molecule has 1 saturated heterocycles. The molecule has 0 spiro atoms. The Morgan fingerprint density at radius 1 is 1.40 bits per heavy atom. The highest BCUT2D eigenvalue weighted by Crippen LogP contribution is 2.24. The summed E-state index contributed by atoms with van der Waals surface area (Å²) in [5.74, 6) is 0.744. The first-order valence-electron chi connectivity index (χ1n) is 6.44. The monoisotopic (exact) mass is 278 g/mol. The van der Waals surface area contributed by atoms with Gasteiger partial charge in [-0.05, 0) is 6.92 Å². The molecular weight excluding hydrogens is 263 g/mol. The molecule has 1 aliphatic heterocycles. The molecule has 0 unspecified atom stereocenters. The van der Waals surface area contributed by atoms with Crippen LogP contribution in [0, 0.1) is 18.7 Å². The molecule has 2 aromatic heterocycles. The number of halogens is 1. The third kappa shape index (κ3) is 2.62. The van der Waals surface area contributed by atoms with Crippen molar-refractivity contribution in [3.63, 3.8) is 0 Å². The van der Waals surface area contributed by atoms with Gasteiger partial charge in [-0.15, -0.1) is 0 Å². The lowest BCUT2D eigenvalue weighted by atomic mass is 10.0. The van der Waals surface area contributed by atoms with E-state index in [1.807, 2.05) is 17.9 Å². The Morgan fingerprint density at radius 2 is 2.15 bits per heavy atom. The first kappa shape index (κ1) is 13.0. The average molecular weight is 278 g/mol. The number of aromatic nitrogens is 3. The standard InChI is InChI=1S/C13H15FN4O2/c1-8-2-11(20-17-8)3-9-6-18(7-12(9)19)13-15-4-10(14)5-16-13/h2,4-5,9,12,19H,3,6-7H2,1H3/t9-,12-/m1/s1. The fourth-order valence-corrected chi connectivity index (χ4v) is 2.46. The van der Waals surface area contributed by atoms with Crippen LogP contribution in [0.4, 0.5) is 10.3 Å². The van der Waals surface area contributed by atoms with Gasteiger partial charge in [-0.1, -0.05) is 5.16 Å². The Bertz CT molecular complexity index is 586. The minimum atomic E-state index is -0.492. The van der Waals surface area contributed by atoms with Crippen LogP contribution in [0.25, 0.3) is 0 Å². The number of nitrogens with zero attached hydrogens (tertiary/aromatic N) is 4. The van der Waals surface area contributed by atoms with Crippen LogP contribution in [0.2, 0.25) is 0 Å². The van der Waals surface area contributed by atoms with E-state index in [9.17, 15) is 9.50 Å². The molecule has 3 rings (SSSR count). The zero-order valence-corrected chi connectivity index (χ0v) is 11.0. The van der Waals surface area contributed by atoms with Gasteiger partial charge in [-0.3, -0.25) is 0 Å². The van der Waals surface area contributed by atoms with E-state index in [0.717, 1.165) is 23.8 Å². The molecule has 0 aromatic carbocycles. The highest BCUT2D eigenvalue weighted by Gasteiger charge is 2.33. The second kappa shape index (κ2) is 5.16. The third-order valence-corrected chi connectivity index (χ3v) is 3.44. The largest absolute Gasteiger partial charge is 0.391 e. The van der Waals surface area contributed by atoms with Crippen molar-refractivity contribution in [1.82, 2.24) is 15.1 Å². The molecule has 6 nitrogen and oxygen atoms in total. The van der Waals surface area contributed by atoms with Gasteiger partial charge in [0.2, 0.25) is 5.95 Å². The Morgan fingerprint density at radius 3 is 2.80 bits per heavy atom. The minimum Gasteiger partial charge on any atom is -0.391 e. The van der Waals surface area contributed by atoms with Crippen LogP contribution in [0.15, 0.2) is 23.0 Å². The van der Waals surface area contributed by atoms with Gasteiger partial charge in [0.05, 0.1) is 24.2 Å². The first-order valence-corrected chi connectivity index (χ1v) is 6.44. The van der Waals surface area contributed by atoms with Crippen molar-refractivity contribution in [2.75, 3.05) is 18.0 Å². The van der Waals surface area contributed by atoms with Gasteiger partial charge in [0.1, 0.15) is 5.76 Å². The van der Waals surface area contributed by atoms with Gasteiger partial charge < -0.3 is 14.5 Å². The smallest absolute Gasteiger partial charge is 0.225 e. The molecule has 0 radical (unpaired) electrons. The summed E-state index contributed by atoms with van der Waals surface area (Å²) in [5.41, 5.74) is 0.825. The molecule has 2 aromatic rings. The first-order chi connectivity index (χ1) is 9.61. The summed E-state index contributed by atoms with van der Waals surface area (Å²) in [6, 6.07) is 1.86. The number of hydrogen-bond acceptors (Lipinski definition) is 6. The number of anilines is 1. The Balaban J connectivity index is 1.68. The van der Waals surface area contributed by atoms with Gasteiger partial charge in [-0.25, -0.2) is 14.4 Å². The molecule has 0 aliphatic carbocycles. The lowest BCUT2D eigenvalue weighted by Crippen LogP contribution is -2.23. The Labute approximate surface area is 115 Å². The number of aliphatic hydroxyl groups excluding tert-OH is 1. The van der Waals surface area contributed by atoms with Crippen molar-refractivity contribution in [2.45, 2.75) is 19.4 Å². The van der Waals surface area contributed by atoms with E-state index in [0.29, 0.717) is 25.5 Å². The summed E-state index contributed by atoms with van der Waals surface area (Å²) in [6.45, 7) is 2.90. The van der Waals surface area contributed by atoms with Crippen molar-refractivity contribution in [3.05, 3.63) is 35.7 Å². The van der Waals surface area contributed by atoms with E-state index >= 15 is 0 Å². The molecular formula is C13H15FN4O2. The lowest BCUT2D eigenvalue weighted by Gasteiger charge is -2.14. The third-order valence-electron chi connectivity index (χ3n) is 3.44. The van der Waals surface area contributed by atoms with Gasteiger partial charge >= 0.3 is 0 Å². The molecule has 20 heavy (non-hydrogen) atoms. The summed E-state index contributed by atoms with van der Waals surface area (Å²) < 4.78 is 18.0. The number of rotatable bonds is 3. The van der Waals surface area contributed by atoms with Crippen LogP contribution in [0.1, 0.15) is 11.5 Å². The summed E-state index contributed by atoms with van der Waals surface area (Å²) in [4.78, 5) is 9.71. The second-order valence-electron chi connectivity index (χ2n) is 5.07. The molecule has 7 heteroatoms. The molecule has 1 aliphatic rings. The maximum Gasteiger partial charge on any atom is 0.225 e. The zero-order chi connectivity index (χ0) is 14.1. The highest BCUT2D eigenvalue weighted by atomic mass is 19.1. The number of aryl methyl sites for hydroxylation is 1. The van der Waals surface area contributed by atoms with Gasteiger partial charge in [0.15, 0.2) is 5.82 Å². The zero-order valence-electron chi connectivity index (χ0n) is 11.0. The summed E-state index contributed by atoms with van der Waals surface area (Å²) in [6.07, 6.45) is 2.37. The highest BCUT2D eigenvalue weighted by molar-refractivity contribution is 5.32. The van der Waals surface area contributed by atoms with Gasteiger partial charge in [0, 0.05) is 31.5 Å². The predicted octanol–water partition coefficient (Wildman–Crippen LogP) is 0.952. The van der Waals surface area contributed by atoms with Crippen LogP contribution in [-0.2, 0) is 6.42 Å². The van der Waals surface area contributed by atoms with Crippen molar-refractivity contribution < 1.29 is 14.0 Å².